The van der Waals surface area contributed by atoms with Crippen LogP contribution in [0.3, 0.4) is 0 Å². The third kappa shape index (κ3) is 5.55. The van der Waals surface area contributed by atoms with Crippen LogP contribution in [0.1, 0.15) is 27.2 Å². The van der Waals surface area contributed by atoms with E-state index in [1.807, 2.05) is 6.92 Å². The maximum absolute atomic E-state index is 11.0. The van der Waals surface area contributed by atoms with Crippen molar-refractivity contribution in [2.45, 2.75) is 33.2 Å². The molecule has 21 heavy (non-hydrogen) atoms. The van der Waals surface area contributed by atoms with Crippen molar-refractivity contribution < 1.29 is 9.66 Å². The Morgan fingerprint density at radius 1 is 1.38 bits per heavy atom. The zero-order chi connectivity index (χ0) is 15.8. The normalized spacial score (nSPS) is 12.2. The van der Waals surface area contributed by atoms with E-state index in [0.717, 1.165) is 13.0 Å². The van der Waals surface area contributed by atoms with E-state index in [1.165, 1.54) is 12.1 Å². The van der Waals surface area contributed by atoms with E-state index >= 15 is 0 Å². The Kier molecular flexibility index (Phi) is 6.87. The molecule has 0 bridgehead atoms. The van der Waals surface area contributed by atoms with Crippen molar-refractivity contribution in [1.82, 2.24) is 4.98 Å². The molecule has 7 heteroatoms. The van der Waals surface area contributed by atoms with Crippen molar-refractivity contribution in [3.63, 3.8) is 0 Å². The molecular weight excluding hydrogens is 272 g/mol. The molecule has 0 fully saturated rings. The maximum Gasteiger partial charge on any atom is 0.276 e. The van der Waals surface area contributed by atoms with Crippen LogP contribution in [0, 0.1) is 16.0 Å². The van der Waals surface area contributed by atoms with Crippen molar-refractivity contribution in [3.05, 3.63) is 22.2 Å². The molecule has 1 unspecified atom stereocenters. The number of nitro groups is 1. The lowest BCUT2D eigenvalue weighted by atomic mass is 10.1. The topological polar surface area (TPSA) is 89.3 Å². The summed E-state index contributed by atoms with van der Waals surface area (Å²) >= 11 is 0. The van der Waals surface area contributed by atoms with Crippen LogP contribution in [0.15, 0.2) is 12.1 Å². The summed E-state index contributed by atoms with van der Waals surface area (Å²) in [6.45, 7) is 7.38. The molecule has 0 spiro atoms. The van der Waals surface area contributed by atoms with Crippen LogP contribution in [-0.4, -0.2) is 36.2 Å². The highest BCUT2D eigenvalue weighted by Crippen LogP contribution is 2.22. The van der Waals surface area contributed by atoms with Gasteiger partial charge in [0, 0.05) is 13.7 Å². The Hall–Kier alpha value is -1.89. The third-order valence-corrected chi connectivity index (χ3v) is 3.06. The highest BCUT2D eigenvalue weighted by molar-refractivity contribution is 5.55. The Labute approximate surface area is 125 Å². The van der Waals surface area contributed by atoms with E-state index in [4.69, 9.17) is 4.74 Å². The summed E-state index contributed by atoms with van der Waals surface area (Å²) in [5.74, 6) is 1.31. The summed E-state index contributed by atoms with van der Waals surface area (Å²) in [5.41, 5.74) is 0.0195. The van der Waals surface area contributed by atoms with E-state index in [1.54, 1.807) is 7.11 Å². The fraction of sp³-hybridized carbons (Fsp3) is 0.643. The summed E-state index contributed by atoms with van der Waals surface area (Å²) in [4.78, 5) is 15.0. The number of nitrogens with one attached hydrogen (secondary N) is 2. The second kappa shape index (κ2) is 8.41. The van der Waals surface area contributed by atoms with Gasteiger partial charge in [0.25, 0.3) is 5.69 Å². The first kappa shape index (κ1) is 17.2. The second-order valence-electron chi connectivity index (χ2n) is 5.23. The summed E-state index contributed by atoms with van der Waals surface area (Å²) in [5, 5.41) is 17.3. The van der Waals surface area contributed by atoms with Gasteiger partial charge in [-0.05, 0) is 12.3 Å². The first-order valence-corrected chi connectivity index (χ1v) is 7.13. The van der Waals surface area contributed by atoms with Crippen molar-refractivity contribution in [2.24, 2.45) is 5.92 Å². The molecule has 1 rings (SSSR count). The first-order chi connectivity index (χ1) is 9.97. The smallest absolute Gasteiger partial charge is 0.276 e. The lowest BCUT2D eigenvalue weighted by Crippen LogP contribution is -2.30. The van der Waals surface area contributed by atoms with Crippen LogP contribution in [-0.2, 0) is 4.74 Å². The fourth-order valence-electron chi connectivity index (χ4n) is 1.81. The number of pyridine rings is 1. The molecule has 0 saturated heterocycles. The number of rotatable bonds is 9. The van der Waals surface area contributed by atoms with Crippen LogP contribution < -0.4 is 10.6 Å². The van der Waals surface area contributed by atoms with Gasteiger partial charge in [0.2, 0.25) is 0 Å². The molecule has 0 aliphatic heterocycles. The van der Waals surface area contributed by atoms with Crippen LogP contribution in [0.25, 0.3) is 0 Å². The van der Waals surface area contributed by atoms with Gasteiger partial charge >= 0.3 is 0 Å². The van der Waals surface area contributed by atoms with E-state index in [-0.39, 0.29) is 11.7 Å². The average Bonchev–Trinajstić information content (AvgIpc) is 2.44. The predicted molar refractivity (Wildman–Crippen MR) is 83.8 cm³/mol. The maximum atomic E-state index is 11.0. The van der Waals surface area contributed by atoms with E-state index in [9.17, 15) is 10.1 Å². The summed E-state index contributed by atoms with van der Waals surface area (Å²) in [6, 6.07) is 2.94. The highest BCUT2D eigenvalue weighted by Gasteiger charge is 2.17. The van der Waals surface area contributed by atoms with Gasteiger partial charge < -0.3 is 15.4 Å². The minimum atomic E-state index is -0.412. The lowest BCUT2D eigenvalue weighted by Gasteiger charge is -2.22. The Morgan fingerprint density at radius 2 is 2.05 bits per heavy atom. The van der Waals surface area contributed by atoms with Crippen molar-refractivity contribution in [2.75, 3.05) is 30.9 Å². The van der Waals surface area contributed by atoms with Crippen molar-refractivity contribution in [3.8, 4) is 0 Å². The van der Waals surface area contributed by atoms with Gasteiger partial charge in [-0.2, -0.15) is 0 Å². The average molecular weight is 296 g/mol. The van der Waals surface area contributed by atoms with Crippen molar-refractivity contribution in [1.29, 1.82) is 0 Å². The van der Waals surface area contributed by atoms with Gasteiger partial charge in [-0.3, -0.25) is 10.1 Å². The molecule has 1 heterocycles. The van der Waals surface area contributed by atoms with Gasteiger partial charge in [0.05, 0.1) is 29.7 Å². The highest BCUT2D eigenvalue weighted by atomic mass is 16.6. The molecule has 0 aromatic carbocycles. The molecule has 1 aromatic rings. The summed E-state index contributed by atoms with van der Waals surface area (Å²) in [6.07, 6.45) is 0.922. The number of anilines is 2. The minimum absolute atomic E-state index is 0.0195. The second-order valence-corrected chi connectivity index (χ2v) is 5.23. The molecule has 1 atom stereocenters. The van der Waals surface area contributed by atoms with Gasteiger partial charge in [-0.25, -0.2) is 4.98 Å². The quantitative estimate of drug-likeness (QED) is 0.538. The van der Waals surface area contributed by atoms with Gasteiger partial charge in [0.1, 0.15) is 11.6 Å². The minimum Gasteiger partial charge on any atom is -0.383 e. The molecular formula is C14H24N4O3. The SMILES string of the molecule is CCCNc1cc([N+](=O)[O-])cc(NC(COC)C(C)C)n1. The van der Waals surface area contributed by atoms with E-state index < -0.39 is 4.92 Å². The number of hydrogen-bond acceptors (Lipinski definition) is 6. The zero-order valence-electron chi connectivity index (χ0n) is 13.0. The first-order valence-electron chi connectivity index (χ1n) is 7.13. The molecule has 7 nitrogen and oxygen atoms in total. The van der Waals surface area contributed by atoms with Gasteiger partial charge in [-0.1, -0.05) is 20.8 Å². The molecule has 0 aliphatic carbocycles. The predicted octanol–water partition coefficient (Wildman–Crippen LogP) is 2.89. The molecule has 0 aliphatic rings. The largest absolute Gasteiger partial charge is 0.383 e. The Morgan fingerprint density at radius 3 is 2.57 bits per heavy atom. The lowest BCUT2D eigenvalue weighted by molar-refractivity contribution is -0.384. The van der Waals surface area contributed by atoms with Crippen LogP contribution in [0.4, 0.5) is 17.3 Å². The molecule has 118 valence electrons. The Balaban J connectivity index is 2.98. The van der Waals surface area contributed by atoms with Gasteiger partial charge in [-0.15, -0.1) is 0 Å². The van der Waals surface area contributed by atoms with Crippen LogP contribution in [0.5, 0.6) is 0 Å². The van der Waals surface area contributed by atoms with E-state index in [2.05, 4.69) is 29.5 Å². The van der Waals surface area contributed by atoms with Crippen LogP contribution in [0.2, 0.25) is 0 Å². The number of methoxy groups -OCH3 is 1. The standard InChI is InChI=1S/C14H24N4O3/c1-5-6-15-13-7-11(18(19)20)8-14(17-13)16-12(9-21-4)10(2)3/h7-8,10,12H,5-6,9H2,1-4H3,(H2,15,16,17). The molecule has 0 radical (unpaired) electrons. The monoisotopic (exact) mass is 296 g/mol. The Bertz CT molecular complexity index is 466. The zero-order valence-corrected chi connectivity index (χ0v) is 13.0. The molecule has 1 aromatic heterocycles. The summed E-state index contributed by atoms with van der Waals surface area (Å²) < 4.78 is 5.17. The van der Waals surface area contributed by atoms with Crippen LogP contribution >= 0.6 is 0 Å². The number of nitrogens with zero attached hydrogens (tertiary/aromatic N) is 2. The number of aromatic nitrogens is 1. The van der Waals surface area contributed by atoms with Gasteiger partial charge in [0.15, 0.2) is 0 Å². The fourth-order valence-corrected chi connectivity index (χ4v) is 1.81. The summed E-state index contributed by atoms with van der Waals surface area (Å²) in [7, 11) is 1.63. The van der Waals surface area contributed by atoms with E-state index in [0.29, 0.717) is 24.2 Å². The van der Waals surface area contributed by atoms with Crippen molar-refractivity contribution >= 4 is 17.3 Å². The number of hydrogen-bond donors (Lipinski definition) is 2. The molecule has 2 N–H and O–H groups in total. The number of ether oxygens (including phenoxy) is 1. The molecule has 0 amide bonds. The third-order valence-electron chi connectivity index (χ3n) is 3.06. The molecule has 0 saturated carbocycles.